The normalized spacial score (nSPS) is 10.1. The van der Waals surface area contributed by atoms with Gasteiger partial charge in [-0.1, -0.05) is 0 Å². The van der Waals surface area contributed by atoms with Crippen molar-refractivity contribution in [3.05, 3.63) is 34.4 Å². The number of carbonyl (C=O) groups is 1. The Labute approximate surface area is 86.1 Å². The standard InChI is InChI=1S/C11H9F2NO/c1-6-3-8(5-14)4-9(11(12)13)10(6)7(2)15/h3-4,11H,1-2H3. The van der Waals surface area contributed by atoms with Crippen LogP contribution in [0, 0.1) is 18.3 Å². The number of Topliss-reactive ketones (excluding diaryl/α,β-unsaturated/α-hetero) is 1. The zero-order valence-electron chi connectivity index (χ0n) is 8.34. The second-order valence-electron chi connectivity index (χ2n) is 3.23. The van der Waals surface area contributed by atoms with Crippen LogP contribution >= 0.6 is 0 Å². The summed E-state index contributed by atoms with van der Waals surface area (Å²) in [5, 5.41) is 8.62. The highest BCUT2D eigenvalue weighted by molar-refractivity contribution is 5.97. The fraction of sp³-hybridized carbons (Fsp3) is 0.273. The van der Waals surface area contributed by atoms with Crippen molar-refractivity contribution in [1.29, 1.82) is 5.26 Å². The lowest BCUT2D eigenvalue weighted by molar-refractivity contribution is 0.0998. The predicted molar refractivity (Wildman–Crippen MR) is 50.9 cm³/mol. The van der Waals surface area contributed by atoms with Crippen LogP contribution in [-0.4, -0.2) is 5.78 Å². The average Bonchev–Trinajstić information content (AvgIpc) is 2.15. The van der Waals surface area contributed by atoms with Crippen LogP contribution in [0.1, 0.15) is 40.4 Å². The van der Waals surface area contributed by atoms with Crippen LogP contribution in [0.3, 0.4) is 0 Å². The number of rotatable bonds is 2. The molecule has 78 valence electrons. The first kappa shape index (κ1) is 11.3. The van der Waals surface area contributed by atoms with Crippen molar-refractivity contribution >= 4 is 5.78 Å². The molecule has 0 aliphatic carbocycles. The third-order valence-electron chi connectivity index (χ3n) is 2.08. The van der Waals surface area contributed by atoms with Crippen molar-refractivity contribution in [2.75, 3.05) is 0 Å². The fourth-order valence-corrected chi connectivity index (χ4v) is 1.53. The summed E-state index contributed by atoms with van der Waals surface area (Å²) in [6.45, 7) is 2.78. The van der Waals surface area contributed by atoms with Crippen LogP contribution in [0.15, 0.2) is 12.1 Å². The lowest BCUT2D eigenvalue weighted by Crippen LogP contribution is -2.04. The van der Waals surface area contributed by atoms with Gasteiger partial charge in [0.2, 0.25) is 0 Å². The van der Waals surface area contributed by atoms with Crippen molar-refractivity contribution in [3.63, 3.8) is 0 Å². The van der Waals surface area contributed by atoms with Crippen molar-refractivity contribution in [2.45, 2.75) is 20.3 Å². The second kappa shape index (κ2) is 4.18. The Hall–Kier alpha value is -1.76. The monoisotopic (exact) mass is 209 g/mol. The molecule has 0 spiro atoms. The van der Waals surface area contributed by atoms with Crippen LogP contribution in [0.2, 0.25) is 0 Å². The lowest BCUT2D eigenvalue weighted by atomic mass is 9.96. The molecular weight excluding hydrogens is 200 g/mol. The molecule has 0 aliphatic rings. The molecule has 2 nitrogen and oxygen atoms in total. The summed E-state index contributed by atoms with van der Waals surface area (Å²) < 4.78 is 25.2. The third kappa shape index (κ3) is 2.18. The van der Waals surface area contributed by atoms with E-state index in [1.165, 1.54) is 13.0 Å². The van der Waals surface area contributed by atoms with E-state index in [9.17, 15) is 13.6 Å². The van der Waals surface area contributed by atoms with E-state index in [4.69, 9.17) is 5.26 Å². The largest absolute Gasteiger partial charge is 0.294 e. The van der Waals surface area contributed by atoms with Gasteiger partial charge < -0.3 is 0 Å². The summed E-state index contributed by atoms with van der Waals surface area (Å²) in [5.41, 5.74) is 0.215. The molecule has 0 bridgehead atoms. The maximum atomic E-state index is 12.6. The highest BCUT2D eigenvalue weighted by atomic mass is 19.3. The summed E-state index contributed by atoms with van der Waals surface area (Å²) in [6, 6.07) is 4.28. The third-order valence-corrected chi connectivity index (χ3v) is 2.08. The summed E-state index contributed by atoms with van der Waals surface area (Å²) in [6.07, 6.45) is -2.74. The number of alkyl halides is 2. The minimum absolute atomic E-state index is 0.0176. The number of benzene rings is 1. The Balaban J connectivity index is 3.51. The number of aryl methyl sites for hydroxylation is 1. The number of nitriles is 1. The van der Waals surface area contributed by atoms with Gasteiger partial charge in [0.05, 0.1) is 11.6 Å². The highest BCUT2D eigenvalue weighted by Crippen LogP contribution is 2.27. The maximum absolute atomic E-state index is 12.6. The number of ketones is 1. The van der Waals surface area contributed by atoms with Gasteiger partial charge in [-0.15, -0.1) is 0 Å². The van der Waals surface area contributed by atoms with Crippen LogP contribution in [-0.2, 0) is 0 Å². The molecule has 0 amide bonds. The highest BCUT2D eigenvalue weighted by Gasteiger charge is 2.19. The Morgan fingerprint density at radius 2 is 2.07 bits per heavy atom. The number of carbonyl (C=O) groups excluding carboxylic acids is 1. The Bertz CT molecular complexity index is 447. The molecule has 0 unspecified atom stereocenters. The minimum atomic E-state index is -2.74. The van der Waals surface area contributed by atoms with E-state index >= 15 is 0 Å². The van der Waals surface area contributed by atoms with Gasteiger partial charge in [0.1, 0.15) is 0 Å². The number of nitrogens with zero attached hydrogens (tertiary/aromatic N) is 1. The van der Waals surface area contributed by atoms with Gasteiger partial charge in [-0.25, -0.2) is 8.78 Å². The molecule has 4 heteroatoms. The topological polar surface area (TPSA) is 40.9 Å². The van der Waals surface area contributed by atoms with E-state index in [0.717, 1.165) is 6.07 Å². The van der Waals surface area contributed by atoms with Gasteiger partial charge in [-0.3, -0.25) is 4.79 Å². The molecule has 0 aliphatic heterocycles. The molecule has 0 fully saturated rings. The zero-order valence-corrected chi connectivity index (χ0v) is 8.34. The Kier molecular flexibility index (Phi) is 3.15. The van der Waals surface area contributed by atoms with E-state index in [-0.39, 0.29) is 16.7 Å². The van der Waals surface area contributed by atoms with Gasteiger partial charge >= 0.3 is 0 Å². The molecule has 0 radical (unpaired) electrons. The predicted octanol–water partition coefficient (Wildman–Crippen LogP) is 3.01. The van der Waals surface area contributed by atoms with Gasteiger partial charge in [0, 0.05) is 11.1 Å². The maximum Gasteiger partial charge on any atom is 0.264 e. The van der Waals surface area contributed by atoms with Gasteiger partial charge in [-0.2, -0.15) is 5.26 Å². The molecule has 0 heterocycles. The van der Waals surface area contributed by atoms with E-state index in [1.807, 2.05) is 0 Å². The zero-order chi connectivity index (χ0) is 11.6. The summed E-state index contributed by atoms with van der Waals surface area (Å²) in [7, 11) is 0. The molecule has 0 atom stereocenters. The van der Waals surface area contributed by atoms with Crippen LogP contribution in [0.5, 0.6) is 0 Å². The van der Waals surface area contributed by atoms with E-state index in [1.54, 1.807) is 13.0 Å². The van der Waals surface area contributed by atoms with Crippen LogP contribution < -0.4 is 0 Å². The first-order chi connectivity index (χ1) is 6.97. The number of halogens is 2. The molecule has 1 aromatic carbocycles. The van der Waals surface area contributed by atoms with E-state index in [0.29, 0.717) is 5.56 Å². The quantitative estimate of drug-likeness (QED) is 0.702. The van der Waals surface area contributed by atoms with Gasteiger partial charge in [0.25, 0.3) is 6.43 Å². The Morgan fingerprint density at radius 3 is 2.47 bits per heavy atom. The molecule has 0 N–H and O–H groups in total. The average molecular weight is 209 g/mol. The number of hydrogen-bond acceptors (Lipinski definition) is 2. The fourth-order valence-electron chi connectivity index (χ4n) is 1.53. The van der Waals surface area contributed by atoms with Crippen molar-refractivity contribution < 1.29 is 13.6 Å². The molecule has 0 saturated carbocycles. The van der Waals surface area contributed by atoms with Gasteiger partial charge in [0.15, 0.2) is 5.78 Å². The number of hydrogen-bond donors (Lipinski definition) is 0. The SMILES string of the molecule is CC(=O)c1c(C)cc(C#N)cc1C(F)F. The minimum Gasteiger partial charge on any atom is -0.294 e. The van der Waals surface area contributed by atoms with Crippen LogP contribution in [0.4, 0.5) is 8.78 Å². The molecular formula is C11H9F2NO. The summed E-state index contributed by atoms with van der Waals surface area (Å²) >= 11 is 0. The summed E-state index contributed by atoms with van der Waals surface area (Å²) in [4.78, 5) is 11.2. The smallest absolute Gasteiger partial charge is 0.264 e. The molecule has 15 heavy (non-hydrogen) atoms. The lowest BCUT2D eigenvalue weighted by Gasteiger charge is -2.09. The second-order valence-corrected chi connectivity index (χ2v) is 3.23. The molecule has 0 saturated heterocycles. The van der Waals surface area contributed by atoms with Crippen molar-refractivity contribution in [1.82, 2.24) is 0 Å². The Morgan fingerprint density at radius 1 is 1.47 bits per heavy atom. The van der Waals surface area contributed by atoms with E-state index in [2.05, 4.69) is 0 Å². The van der Waals surface area contributed by atoms with Crippen molar-refractivity contribution in [3.8, 4) is 6.07 Å². The molecule has 0 aromatic heterocycles. The molecule has 1 aromatic rings. The first-order valence-corrected chi connectivity index (χ1v) is 4.31. The first-order valence-electron chi connectivity index (χ1n) is 4.31. The van der Waals surface area contributed by atoms with Gasteiger partial charge in [-0.05, 0) is 31.5 Å². The summed E-state index contributed by atoms with van der Waals surface area (Å²) in [5.74, 6) is -0.410. The van der Waals surface area contributed by atoms with E-state index < -0.39 is 12.2 Å². The van der Waals surface area contributed by atoms with Crippen molar-refractivity contribution in [2.24, 2.45) is 0 Å². The molecule has 1 rings (SSSR count). The van der Waals surface area contributed by atoms with Crippen LogP contribution in [0.25, 0.3) is 0 Å².